The highest BCUT2D eigenvalue weighted by atomic mass is 32.2. The number of fused-ring (bicyclic) bond motifs is 2. The summed E-state index contributed by atoms with van der Waals surface area (Å²) in [5, 5.41) is 5.82. The van der Waals surface area contributed by atoms with Crippen LogP contribution in [-0.2, 0) is 5.66 Å². The highest BCUT2D eigenvalue weighted by Gasteiger charge is 2.66. The number of nitrogens with one attached hydrogen (secondary N) is 2. The minimum Gasteiger partial charge on any atom is -0.326 e. The number of guanidine groups is 1. The molecule has 2 aromatic carbocycles. The molecular formula is C22H21F3N4S. The van der Waals surface area contributed by atoms with E-state index in [-0.39, 0.29) is 11.5 Å². The fraction of sp³-hybridized carbons (Fsp3) is 0.318. The number of benzene rings is 2. The Labute approximate surface area is 177 Å². The zero-order chi connectivity index (χ0) is 20.8. The third-order valence-electron chi connectivity index (χ3n) is 5.69. The number of hydrogen-bond donors (Lipinski definition) is 2. The fourth-order valence-corrected chi connectivity index (χ4v) is 5.77. The van der Waals surface area contributed by atoms with Crippen LogP contribution in [0.5, 0.6) is 0 Å². The average Bonchev–Trinajstić information content (AvgIpc) is 3.12. The predicted octanol–water partition coefficient (Wildman–Crippen LogP) is 5.59. The van der Waals surface area contributed by atoms with Crippen LogP contribution < -0.4 is 10.6 Å². The number of halogens is 3. The van der Waals surface area contributed by atoms with Gasteiger partial charge in [-0.05, 0) is 37.8 Å². The molecule has 0 bridgehead atoms. The van der Waals surface area contributed by atoms with E-state index < -0.39 is 17.3 Å². The van der Waals surface area contributed by atoms with E-state index in [1.165, 1.54) is 28.8 Å². The van der Waals surface area contributed by atoms with Gasteiger partial charge in [0.1, 0.15) is 0 Å². The maximum Gasteiger partial charge on any atom is 0.435 e. The fourth-order valence-electron chi connectivity index (χ4n) is 4.37. The molecule has 0 spiro atoms. The lowest BCUT2D eigenvalue weighted by molar-refractivity contribution is -0.243. The Balaban J connectivity index is 1.66. The standard InChI is InChI=1S/C22H21F3N4S/c23-22(24,25)21(15-9-3-1-4-10-15)28-19(26-16-11-5-2-6-12-16)27-20-29(21)17-13-7-8-14-18(17)30-20/h1-6,9-12,20H,7-8,13-14H2,(H2,26,27,28)/t20-,21-/m0/s1. The molecule has 0 saturated heterocycles. The van der Waals surface area contributed by atoms with Crippen molar-refractivity contribution in [3.05, 3.63) is 76.8 Å². The first-order valence-electron chi connectivity index (χ1n) is 9.97. The second-order valence-corrected chi connectivity index (χ2v) is 8.71. The molecule has 8 heteroatoms. The Morgan fingerprint density at radius 3 is 2.37 bits per heavy atom. The summed E-state index contributed by atoms with van der Waals surface area (Å²) in [5.74, 6) is 0.121. The lowest BCUT2D eigenvalue weighted by atomic mass is 9.93. The molecule has 0 saturated carbocycles. The Bertz CT molecular complexity index is 990. The SMILES string of the molecule is FC(F)(F)[C@@]1(c2ccccc2)NC(Nc2ccccc2)=N[C@@H]2SC3=C(CCCC3)N21. The number of nitrogens with zero attached hydrogens (tertiary/aromatic N) is 2. The van der Waals surface area contributed by atoms with Crippen LogP contribution in [0.2, 0.25) is 0 Å². The van der Waals surface area contributed by atoms with Gasteiger partial charge in [-0.1, -0.05) is 60.3 Å². The normalized spacial score (nSPS) is 25.9. The number of allylic oxidation sites excluding steroid dienone is 2. The van der Waals surface area contributed by atoms with Gasteiger partial charge in [0.2, 0.25) is 11.6 Å². The highest BCUT2D eigenvalue weighted by Crippen LogP contribution is 2.56. The van der Waals surface area contributed by atoms with Gasteiger partial charge >= 0.3 is 6.18 Å². The summed E-state index contributed by atoms with van der Waals surface area (Å²) in [7, 11) is 0. The van der Waals surface area contributed by atoms with Gasteiger partial charge < -0.3 is 15.5 Å². The van der Waals surface area contributed by atoms with Gasteiger partial charge in [0.15, 0.2) is 5.50 Å². The molecule has 0 aromatic heterocycles. The summed E-state index contributed by atoms with van der Waals surface area (Å²) in [5.41, 5.74) is -1.44. The second-order valence-electron chi connectivity index (χ2n) is 7.56. The van der Waals surface area contributed by atoms with Crippen molar-refractivity contribution in [2.24, 2.45) is 4.99 Å². The first-order valence-corrected chi connectivity index (χ1v) is 10.9. The van der Waals surface area contributed by atoms with Gasteiger partial charge in [0, 0.05) is 21.9 Å². The van der Waals surface area contributed by atoms with Crippen molar-refractivity contribution >= 4 is 23.4 Å². The van der Waals surface area contributed by atoms with Crippen molar-refractivity contribution in [2.45, 2.75) is 43.0 Å². The molecule has 2 atom stereocenters. The van der Waals surface area contributed by atoms with E-state index in [1.54, 1.807) is 30.3 Å². The summed E-state index contributed by atoms with van der Waals surface area (Å²) in [6, 6.07) is 17.2. The van der Waals surface area contributed by atoms with E-state index in [1.807, 2.05) is 18.2 Å². The van der Waals surface area contributed by atoms with Crippen LogP contribution in [0.4, 0.5) is 18.9 Å². The number of para-hydroxylation sites is 1. The molecule has 2 aromatic rings. The third kappa shape index (κ3) is 3.05. The molecule has 2 N–H and O–H groups in total. The number of hydrogen-bond acceptors (Lipinski definition) is 5. The minimum atomic E-state index is -4.58. The van der Waals surface area contributed by atoms with Crippen LogP contribution in [0.3, 0.4) is 0 Å². The molecular weight excluding hydrogens is 409 g/mol. The monoisotopic (exact) mass is 430 g/mol. The van der Waals surface area contributed by atoms with Crippen molar-refractivity contribution in [1.29, 1.82) is 0 Å². The molecule has 5 rings (SSSR count). The van der Waals surface area contributed by atoms with E-state index in [2.05, 4.69) is 15.6 Å². The molecule has 0 fully saturated rings. The zero-order valence-electron chi connectivity index (χ0n) is 16.1. The largest absolute Gasteiger partial charge is 0.435 e. The van der Waals surface area contributed by atoms with Gasteiger partial charge in [-0.3, -0.25) is 0 Å². The van der Waals surface area contributed by atoms with Crippen LogP contribution >= 0.6 is 11.8 Å². The number of thioether (sulfide) groups is 1. The van der Waals surface area contributed by atoms with E-state index in [4.69, 9.17) is 0 Å². The van der Waals surface area contributed by atoms with Crippen molar-refractivity contribution in [1.82, 2.24) is 10.2 Å². The Morgan fingerprint density at radius 1 is 1.00 bits per heavy atom. The van der Waals surface area contributed by atoms with E-state index in [9.17, 15) is 13.2 Å². The van der Waals surface area contributed by atoms with Crippen molar-refractivity contribution in [3.8, 4) is 0 Å². The predicted molar refractivity (Wildman–Crippen MR) is 114 cm³/mol. The molecule has 4 nitrogen and oxygen atoms in total. The van der Waals surface area contributed by atoms with Crippen LogP contribution in [-0.4, -0.2) is 22.5 Å². The van der Waals surface area contributed by atoms with Gasteiger partial charge in [-0.25, -0.2) is 4.99 Å². The minimum absolute atomic E-state index is 0.121. The van der Waals surface area contributed by atoms with E-state index in [0.29, 0.717) is 12.1 Å². The number of anilines is 1. The molecule has 0 radical (unpaired) electrons. The van der Waals surface area contributed by atoms with Crippen LogP contribution in [0, 0.1) is 0 Å². The molecule has 3 aliphatic rings. The average molecular weight is 430 g/mol. The molecule has 1 aliphatic carbocycles. The molecule has 2 aliphatic heterocycles. The summed E-state index contributed by atoms with van der Waals surface area (Å²) >= 11 is 1.44. The second kappa shape index (κ2) is 7.27. The Morgan fingerprint density at radius 2 is 1.67 bits per heavy atom. The van der Waals surface area contributed by atoms with Crippen LogP contribution in [0.25, 0.3) is 0 Å². The van der Waals surface area contributed by atoms with Gasteiger partial charge in [0.25, 0.3) is 0 Å². The molecule has 2 heterocycles. The van der Waals surface area contributed by atoms with E-state index >= 15 is 0 Å². The summed E-state index contributed by atoms with van der Waals surface area (Å²) < 4.78 is 44.9. The van der Waals surface area contributed by atoms with Gasteiger partial charge in [-0.15, -0.1) is 0 Å². The smallest absolute Gasteiger partial charge is 0.326 e. The maximum atomic E-state index is 15.0. The Kier molecular flexibility index (Phi) is 4.69. The number of aliphatic imine (C=N–C) groups is 1. The maximum absolute atomic E-state index is 15.0. The number of rotatable bonds is 2. The van der Waals surface area contributed by atoms with Crippen molar-refractivity contribution in [3.63, 3.8) is 0 Å². The summed E-state index contributed by atoms with van der Waals surface area (Å²) in [6.07, 6.45) is -1.23. The van der Waals surface area contributed by atoms with Crippen LogP contribution in [0.15, 0.2) is 76.3 Å². The first kappa shape index (κ1) is 19.4. The van der Waals surface area contributed by atoms with Gasteiger partial charge in [0.05, 0.1) is 0 Å². The lowest BCUT2D eigenvalue weighted by Gasteiger charge is -2.50. The summed E-state index contributed by atoms with van der Waals surface area (Å²) in [4.78, 5) is 7.14. The van der Waals surface area contributed by atoms with E-state index in [0.717, 1.165) is 29.9 Å². The van der Waals surface area contributed by atoms with Crippen LogP contribution in [0.1, 0.15) is 31.2 Å². The van der Waals surface area contributed by atoms with Crippen molar-refractivity contribution in [2.75, 3.05) is 5.32 Å². The number of alkyl halides is 3. The molecule has 156 valence electrons. The van der Waals surface area contributed by atoms with Gasteiger partial charge in [-0.2, -0.15) is 13.2 Å². The molecule has 0 unspecified atom stereocenters. The molecule has 30 heavy (non-hydrogen) atoms. The zero-order valence-corrected chi connectivity index (χ0v) is 16.9. The Hall–Kier alpha value is -2.61. The lowest BCUT2D eigenvalue weighted by Crippen LogP contribution is -2.70. The first-order chi connectivity index (χ1) is 14.5. The highest BCUT2D eigenvalue weighted by molar-refractivity contribution is 8.03. The van der Waals surface area contributed by atoms with Crippen molar-refractivity contribution < 1.29 is 13.2 Å². The molecule has 0 amide bonds. The topological polar surface area (TPSA) is 39.7 Å². The third-order valence-corrected chi connectivity index (χ3v) is 6.94. The quantitative estimate of drug-likeness (QED) is 0.652. The summed E-state index contributed by atoms with van der Waals surface area (Å²) in [6.45, 7) is 0.